The largest absolute Gasteiger partial charge is 0.492 e. The number of hydrogen-bond donors (Lipinski definition) is 0. The van der Waals surface area contributed by atoms with Crippen molar-refractivity contribution in [2.24, 2.45) is 0 Å². The van der Waals surface area contributed by atoms with E-state index in [-0.39, 0.29) is 0 Å². The summed E-state index contributed by atoms with van der Waals surface area (Å²) in [5, 5.41) is 9.02. The highest BCUT2D eigenvalue weighted by Crippen LogP contribution is 2.28. The first kappa shape index (κ1) is 10.0. The fourth-order valence-electron chi connectivity index (χ4n) is 2.13. The first-order chi connectivity index (χ1) is 7.35. The molecule has 1 aliphatic rings. The Bertz CT molecular complexity index is 404. The molecule has 0 aromatic heterocycles. The Hall–Kier alpha value is -1.49. The third-order valence-corrected chi connectivity index (χ3v) is 2.86. The molecular weight excluding hydrogens is 186 g/mol. The monoisotopic (exact) mass is 201 g/mol. The molecule has 1 aromatic rings. The minimum Gasteiger partial charge on any atom is -0.492 e. The molecule has 0 N–H and O–H groups in total. The van der Waals surface area contributed by atoms with Crippen LogP contribution in [-0.4, -0.2) is 6.61 Å². The van der Waals surface area contributed by atoms with Crippen LogP contribution in [0.4, 0.5) is 0 Å². The summed E-state index contributed by atoms with van der Waals surface area (Å²) >= 11 is 0. The van der Waals surface area contributed by atoms with Gasteiger partial charge in [0.15, 0.2) is 0 Å². The van der Waals surface area contributed by atoms with Crippen LogP contribution in [0, 0.1) is 11.3 Å². The van der Waals surface area contributed by atoms with Gasteiger partial charge in [0.2, 0.25) is 0 Å². The van der Waals surface area contributed by atoms with Crippen LogP contribution in [0.3, 0.4) is 0 Å². The lowest BCUT2D eigenvalue weighted by Crippen LogP contribution is -2.05. The van der Waals surface area contributed by atoms with Gasteiger partial charge in [0, 0.05) is 0 Å². The molecule has 0 bridgehead atoms. The second kappa shape index (κ2) is 4.35. The minimum atomic E-state index is 0.619. The topological polar surface area (TPSA) is 33.0 Å². The van der Waals surface area contributed by atoms with Crippen LogP contribution in [0.1, 0.15) is 36.5 Å². The zero-order valence-corrected chi connectivity index (χ0v) is 9.05. The molecule has 2 rings (SSSR count). The number of hydrogen-bond acceptors (Lipinski definition) is 2. The Morgan fingerprint density at radius 2 is 1.93 bits per heavy atom. The van der Waals surface area contributed by atoms with Gasteiger partial charge in [-0.25, -0.2) is 0 Å². The van der Waals surface area contributed by atoms with Gasteiger partial charge in [-0.15, -0.1) is 0 Å². The molecule has 1 aromatic carbocycles. The predicted molar refractivity (Wildman–Crippen MR) is 59.0 cm³/mol. The second-order valence-electron chi connectivity index (χ2n) is 3.87. The Labute approximate surface area is 90.5 Å². The Kier molecular flexibility index (Phi) is 2.91. The quantitative estimate of drug-likeness (QED) is 0.737. The van der Waals surface area contributed by atoms with Crippen molar-refractivity contribution < 1.29 is 4.74 Å². The average Bonchev–Trinajstić information content (AvgIpc) is 2.28. The first-order valence-corrected chi connectivity index (χ1v) is 5.54. The maximum absolute atomic E-state index is 9.02. The summed E-state index contributed by atoms with van der Waals surface area (Å²) < 4.78 is 5.47. The third kappa shape index (κ3) is 1.97. The summed E-state index contributed by atoms with van der Waals surface area (Å²) in [7, 11) is 0. The van der Waals surface area contributed by atoms with Gasteiger partial charge in [0.25, 0.3) is 0 Å². The van der Waals surface area contributed by atoms with Gasteiger partial charge in [-0.3, -0.25) is 0 Å². The smallest absolute Gasteiger partial charge is 0.137 e. The SMILES string of the molecule is CCOc1cc2c(cc1C#N)CCCC2. The summed E-state index contributed by atoms with van der Waals surface area (Å²) in [6.07, 6.45) is 4.73. The van der Waals surface area contributed by atoms with E-state index in [0.717, 1.165) is 18.6 Å². The number of rotatable bonds is 2. The molecule has 78 valence electrons. The predicted octanol–water partition coefficient (Wildman–Crippen LogP) is 2.84. The van der Waals surface area contributed by atoms with Crippen LogP contribution < -0.4 is 4.74 Å². The zero-order chi connectivity index (χ0) is 10.7. The molecule has 0 saturated carbocycles. The average molecular weight is 201 g/mol. The Balaban J connectivity index is 2.43. The van der Waals surface area contributed by atoms with Gasteiger partial charge in [0.05, 0.1) is 12.2 Å². The fraction of sp³-hybridized carbons (Fsp3) is 0.462. The molecule has 0 amide bonds. The van der Waals surface area contributed by atoms with Gasteiger partial charge in [0.1, 0.15) is 11.8 Å². The lowest BCUT2D eigenvalue weighted by molar-refractivity contribution is 0.338. The molecule has 0 aliphatic heterocycles. The molecule has 2 heteroatoms. The molecule has 0 saturated heterocycles. The maximum atomic E-state index is 9.02. The molecule has 0 heterocycles. The molecule has 0 spiro atoms. The van der Waals surface area contributed by atoms with Gasteiger partial charge in [-0.05, 0) is 55.9 Å². The number of nitrogens with zero attached hydrogens (tertiary/aromatic N) is 1. The van der Waals surface area contributed by atoms with Crippen LogP contribution in [0.15, 0.2) is 12.1 Å². The number of fused-ring (bicyclic) bond motifs is 1. The van der Waals surface area contributed by atoms with E-state index in [9.17, 15) is 0 Å². The molecule has 0 radical (unpaired) electrons. The lowest BCUT2D eigenvalue weighted by atomic mass is 9.90. The summed E-state index contributed by atoms with van der Waals surface area (Å²) in [5.41, 5.74) is 3.38. The number of nitriles is 1. The van der Waals surface area contributed by atoms with Crippen molar-refractivity contribution in [1.29, 1.82) is 5.26 Å². The molecular formula is C13H15NO. The number of benzene rings is 1. The van der Waals surface area contributed by atoms with Gasteiger partial charge >= 0.3 is 0 Å². The normalized spacial score (nSPS) is 14.1. The van der Waals surface area contributed by atoms with Gasteiger partial charge < -0.3 is 4.74 Å². The van der Waals surface area contributed by atoms with E-state index >= 15 is 0 Å². The summed E-state index contributed by atoms with van der Waals surface area (Å²) in [6, 6.07) is 6.26. The van der Waals surface area contributed by atoms with Crippen LogP contribution >= 0.6 is 0 Å². The molecule has 0 fully saturated rings. The van der Waals surface area contributed by atoms with Crippen LogP contribution in [0.5, 0.6) is 5.75 Å². The van der Waals surface area contributed by atoms with E-state index < -0.39 is 0 Å². The van der Waals surface area contributed by atoms with Crippen molar-refractivity contribution in [3.05, 3.63) is 28.8 Å². The summed E-state index contributed by atoms with van der Waals surface area (Å²) in [6.45, 7) is 2.56. The molecule has 2 nitrogen and oxygen atoms in total. The molecule has 0 unspecified atom stereocenters. The highest BCUT2D eigenvalue weighted by Gasteiger charge is 2.13. The highest BCUT2D eigenvalue weighted by atomic mass is 16.5. The highest BCUT2D eigenvalue weighted by molar-refractivity contribution is 5.49. The van der Waals surface area contributed by atoms with Gasteiger partial charge in [-0.1, -0.05) is 0 Å². The van der Waals surface area contributed by atoms with E-state index in [0.29, 0.717) is 12.2 Å². The second-order valence-corrected chi connectivity index (χ2v) is 3.87. The Morgan fingerprint density at radius 3 is 2.53 bits per heavy atom. The summed E-state index contributed by atoms with van der Waals surface area (Å²) in [4.78, 5) is 0. The van der Waals surface area contributed by atoms with Crippen LogP contribution in [0.2, 0.25) is 0 Å². The van der Waals surface area contributed by atoms with Crippen molar-refractivity contribution in [1.82, 2.24) is 0 Å². The minimum absolute atomic E-state index is 0.619. The molecule has 15 heavy (non-hydrogen) atoms. The van der Waals surface area contributed by atoms with Crippen molar-refractivity contribution >= 4 is 0 Å². The Morgan fingerprint density at radius 1 is 1.27 bits per heavy atom. The van der Waals surface area contributed by atoms with Crippen LogP contribution in [-0.2, 0) is 12.8 Å². The van der Waals surface area contributed by atoms with Crippen LogP contribution in [0.25, 0.3) is 0 Å². The van der Waals surface area contributed by atoms with E-state index in [2.05, 4.69) is 12.1 Å². The number of ether oxygens (including phenoxy) is 1. The first-order valence-electron chi connectivity index (χ1n) is 5.54. The van der Waals surface area contributed by atoms with Crippen molar-refractivity contribution in [2.75, 3.05) is 6.61 Å². The molecule has 0 atom stereocenters. The van der Waals surface area contributed by atoms with E-state index in [4.69, 9.17) is 10.00 Å². The third-order valence-electron chi connectivity index (χ3n) is 2.86. The summed E-state index contributed by atoms with van der Waals surface area (Å²) in [5.74, 6) is 0.751. The van der Waals surface area contributed by atoms with E-state index in [1.54, 1.807) is 0 Å². The number of aryl methyl sites for hydroxylation is 2. The molecule has 1 aliphatic carbocycles. The van der Waals surface area contributed by atoms with E-state index in [1.807, 2.05) is 13.0 Å². The van der Waals surface area contributed by atoms with Crippen molar-refractivity contribution in [3.8, 4) is 11.8 Å². The lowest BCUT2D eigenvalue weighted by Gasteiger charge is -2.17. The van der Waals surface area contributed by atoms with Crippen molar-refractivity contribution in [2.45, 2.75) is 32.6 Å². The van der Waals surface area contributed by atoms with E-state index in [1.165, 1.54) is 24.0 Å². The standard InChI is InChI=1S/C13H15NO/c1-2-15-13-8-11-6-4-3-5-10(11)7-12(13)9-14/h7-8H,2-6H2,1H3. The van der Waals surface area contributed by atoms with Gasteiger partial charge in [-0.2, -0.15) is 5.26 Å². The zero-order valence-electron chi connectivity index (χ0n) is 9.05. The fourth-order valence-corrected chi connectivity index (χ4v) is 2.13. The van der Waals surface area contributed by atoms with Crippen molar-refractivity contribution in [3.63, 3.8) is 0 Å². The maximum Gasteiger partial charge on any atom is 0.137 e.